The van der Waals surface area contributed by atoms with Crippen LogP contribution in [0.25, 0.3) is 10.7 Å². The van der Waals surface area contributed by atoms with Crippen molar-refractivity contribution >= 4 is 17.3 Å². The number of benzene rings is 1. The molecule has 1 aromatic carbocycles. The zero-order valence-corrected chi connectivity index (χ0v) is 15.6. The Morgan fingerprint density at radius 2 is 1.89 bits per heavy atom. The maximum atomic E-state index is 12.4. The summed E-state index contributed by atoms with van der Waals surface area (Å²) in [6.45, 7) is 0.271. The van der Waals surface area contributed by atoms with Crippen molar-refractivity contribution in [3.63, 3.8) is 0 Å². The Balaban J connectivity index is 1.36. The number of rotatable bonds is 7. The molecule has 0 unspecified atom stereocenters. The van der Waals surface area contributed by atoms with E-state index in [2.05, 4.69) is 9.97 Å². The molecule has 0 aliphatic carbocycles. The Labute approximate surface area is 165 Å². The van der Waals surface area contributed by atoms with Crippen LogP contribution in [0.3, 0.4) is 0 Å². The number of thiazole rings is 1. The summed E-state index contributed by atoms with van der Waals surface area (Å²) in [6, 6.07) is 16.7. The van der Waals surface area contributed by atoms with Crippen LogP contribution in [-0.2, 0) is 18.0 Å². The summed E-state index contributed by atoms with van der Waals surface area (Å²) in [6.07, 6.45) is 3.16. The molecule has 0 aliphatic heterocycles. The van der Waals surface area contributed by atoms with Crippen LogP contribution in [0.2, 0.25) is 0 Å². The van der Waals surface area contributed by atoms with Gasteiger partial charge in [0, 0.05) is 17.1 Å². The smallest absolute Gasteiger partial charge is 0.375 e. The molecule has 0 amide bonds. The lowest BCUT2D eigenvalue weighted by Gasteiger charge is -2.06. The van der Waals surface area contributed by atoms with Crippen LogP contribution in [0, 0.1) is 0 Å². The van der Waals surface area contributed by atoms with E-state index in [-0.39, 0.29) is 19.0 Å². The number of para-hydroxylation sites is 1. The topological polar surface area (TPSA) is 74.5 Å². The Kier molecular flexibility index (Phi) is 5.44. The Bertz CT molecular complexity index is 1040. The van der Waals surface area contributed by atoms with Crippen LogP contribution in [0.15, 0.2) is 76.9 Å². The van der Waals surface area contributed by atoms with E-state index in [4.69, 9.17) is 13.9 Å². The van der Waals surface area contributed by atoms with E-state index in [0.29, 0.717) is 17.0 Å². The van der Waals surface area contributed by atoms with E-state index in [1.807, 2.05) is 53.9 Å². The first-order valence-electron chi connectivity index (χ1n) is 8.57. The van der Waals surface area contributed by atoms with Gasteiger partial charge < -0.3 is 13.9 Å². The fourth-order valence-electron chi connectivity index (χ4n) is 2.49. The predicted octanol–water partition coefficient (Wildman–Crippen LogP) is 4.73. The maximum Gasteiger partial charge on any atom is 0.375 e. The number of aromatic nitrogens is 2. The molecule has 0 radical (unpaired) electrons. The average molecular weight is 392 g/mol. The Morgan fingerprint density at radius 1 is 1.04 bits per heavy atom. The molecule has 0 aliphatic rings. The van der Waals surface area contributed by atoms with E-state index < -0.39 is 5.97 Å². The highest BCUT2D eigenvalue weighted by Crippen LogP contribution is 2.22. The summed E-state index contributed by atoms with van der Waals surface area (Å²) in [7, 11) is 0. The molecule has 3 heterocycles. The van der Waals surface area contributed by atoms with Crippen molar-refractivity contribution in [1.29, 1.82) is 0 Å². The summed E-state index contributed by atoms with van der Waals surface area (Å²) in [5.41, 5.74) is 2.07. The van der Waals surface area contributed by atoms with Crippen molar-refractivity contribution in [2.24, 2.45) is 0 Å². The minimum atomic E-state index is -0.552. The number of ether oxygens (including phenoxy) is 2. The number of furan rings is 1. The third-order valence-electron chi connectivity index (χ3n) is 3.86. The number of esters is 1. The highest BCUT2D eigenvalue weighted by atomic mass is 32.1. The van der Waals surface area contributed by atoms with E-state index in [9.17, 15) is 4.79 Å². The first-order valence-corrected chi connectivity index (χ1v) is 9.45. The fraction of sp³-hybridized carbons (Fsp3) is 0.0952. The zero-order valence-electron chi connectivity index (χ0n) is 14.8. The second kappa shape index (κ2) is 8.49. The highest BCUT2D eigenvalue weighted by Gasteiger charge is 2.18. The average Bonchev–Trinajstić information content (AvgIpc) is 3.41. The number of pyridine rings is 1. The largest absolute Gasteiger partial charge is 0.489 e. The molecule has 0 N–H and O–H groups in total. The van der Waals surface area contributed by atoms with Crippen LogP contribution in [-0.4, -0.2) is 15.9 Å². The molecule has 0 spiro atoms. The summed E-state index contributed by atoms with van der Waals surface area (Å²) < 4.78 is 16.3. The Hall–Kier alpha value is -3.45. The van der Waals surface area contributed by atoms with Crippen LogP contribution in [0.5, 0.6) is 5.75 Å². The molecule has 28 heavy (non-hydrogen) atoms. The monoisotopic (exact) mass is 392 g/mol. The van der Waals surface area contributed by atoms with Crippen LogP contribution < -0.4 is 4.74 Å². The van der Waals surface area contributed by atoms with E-state index in [1.165, 1.54) is 17.6 Å². The van der Waals surface area contributed by atoms with Gasteiger partial charge in [0.05, 0.1) is 17.7 Å². The first kappa shape index (κ1) is 17.9. The van der Waals surface area contributed by atoms with Crippen molar-refractivity contribution in [2.75, 3.05) is 0 Å². The van der Waals surface area contributed by atoms with Gasteiger partial charge in [0.1, 0.15) is 24.0 Å². The minimum Gasteiger partial charge on any atom is -0.489 e. The van der Waals surface area contributed by atoms with Gasteiger partial charge in [-0.2, -0.15) is 0 Å². The zero-order chi connectivity index (χ0) is 19.2. The minimum absolute atomic E-state index is 0.0574. The molecule has 0 saturated heterocycles. The van der Waals surface area contributed by atoms with Crippen LogP contribution in [0.1, 0.15) is 21.8 Å². The third kappa shape index (κ3) is 4.27. The molecule has 0 atom stereocenters. The maximum absolute atomic E-state index is 12.4. The third-order valence-corrected chi connectivity index (χ3v) is 4.77. The van der Waals surface area contributed by atoms with Crippen LogP contribution in [0.4, 0.5) is 0 Å². The molecule has 3 aromatic heterocycles. The molecule has 7 heteroatoms. The Morgan fingerprint density at radius 3 is 2.71 bits per heavy atom. The van der Waals surface area contributed by atoms with Crippen molar-refractivity contribution in [1.82, 2.24) is 9.97 Å². The van der Waals surface area contributed by atoms with Crippen molar-refractivity contribution in [3.8, 4) is 16.5 Å². The molecule has 140 valence electrons. The molecular weight excluding hydrogens is 376 g/mol. The second-order valence-corrected chi connectivity index (χ2v) is 6.67. The van der Waals surface area contributed by atoms with Crippen molar-refractivity contribution in [3.05, 3.63) is 89.5 Å². The molecule has 6 nitrogen and oxygen atoms in total. The lowest BCUT2D eigenvalue weighted by atomic mass is 10.2. The lowest BCUT2D eigenvalue weighted by Crippen LogP contribution is -2.08. The van der Waals surface area contributed by atoms with Gasteiger partial charge in [0.15, 0.2) is 0 Å². The van der Waals surface area contributed by atoms with Gasteiger partial charge in [0.2, 0.25) is 5.76 Å². The number of hydrogen-bond acceptors (Lipinski definition) is 7. The molecule has 0 fully saturated rings. The molecule has 0 saturated carbocycles. The van der Waals surface area contributed by atoms with Gasteiger partial charge in [-0.15, -0.1) is 11.3 Å². The number of nitrogens with zero attached hydrogens (tertiary/aromatic N) is 2. The quantitative estimate of drug-likeness (QED) is 0.423. The molecule has 4 rings (SSSR count). The summed E-state index contributed by atoms with van der Waals surface area (Å²) in [5, 5.41) is 2.63. The highest BCUT2D eigenvalue weighted by molar-refractivity contribution is 7.13. The van der Waals surface area contributed by atoms with E-state index in [0.717, 1.165) is 10.7 Å². The number of carbonyl (C=O) groups is 1. The van der Waals surface area contributed by atoms with Gasteiger partial charge >= 0.3 is 5.97 Å². The van der Waals surface area contributed by atoms with Crippen molar-refractivity contribution < 1.29 is 18.7 Å². The fourth-order valence-corrected chi connectivity index (χ4v) is 3.27. The first-order chi connectivity index (χ1) is 13.8. The van der Waals surface area contributed by atoms with E-state index in [1.54, 1.807) is 12.3 Å². The van der Waals surface area contributed by atoms with Gasteiger partial charge in [-0.25, -0.2) is 9.78 Å². The second-order valence-electron chi connectivity index (χ2n) is 5.81. The van der Waals surface area contributed by atoms with Crippen molar-refractivity contribution in [2.45, 2.75) is 13.2 Å². The number of hydrogen-bond donors (Lipinski definition) is 0. The summed E-state index contributed by atoms with van der Waals surface area (Å²) in [4.78, 5) is 21.1. The van der Waals surface area contributed by atoms with Gasteiger partial charge in [-0.05, 0) is 30.3 Å². The number of carbonyl (C=O) groups excluding carboxylic acids is 1. The molecule has 4 aromatic rings. The van der Waals surface area contributed by atoms with Gasteiger partial charge in [-0.3, -0.25) is 4.98 Å². The summed E-state index contributed by atoms with van der Waals surface area (Å²) in [5.74, 6) is 0.299. The van der Waals surface area contributed by atoms with Gasteiger partial charge in [-0.1, -0.05) is 24.3 Å². The lowest BCUT2D eigenvalue weighted by molar-refractivity contribution is 0.0428. The summed E-state index contributed by atoms with van der Waals surface area (Å²) >= 11 is 1.45. The standard InChI is InChI=1S/C21H16N2O4S/c24-21(19-15(9-11-25-19)12-26-17-6-2-1-3-7-17)27-13-16-14-28-20(23-16)18-8-4-5-10-22-18/h1-11,14H,12-13H2. The predicted molar refractivity (Wildman–Crippen MR) is 104 cm³/mol. The molecular formula is C21H16N2O4S. The normalized spacial score (nSPS) is 10.6. The molecule has 0 bridgehead atoms. The van der Waals surface area contributed by atoms with Gasteiger partial charge in [0.25, 0.3) is 0 Å². The SMILES string of the molecule is O=C(OCc1csc(-c2ccccn2)n1)c1occc1COc1ccccc1. The van der Waals surface area contributed by atoms with Crippen LogP contribution >= 0.6 is 11.3 Å². The van der Waals surface area contributed by atoms with E-state index >= 15 is 0 Å².